The van der Waals surface area contributed by atoms with Crippen LogP contribution in [-0.2, 0) is 30.2 Å². The Labute approximate surface area is 233 Å². The molecular formula is C28H38FN5O6. The van der Waals surface area contributed by atoms with Gasteiger partial charge < -0.3 is 39.1 Å². The molecule has 5 atom stereocenters. The number of ether oxygens (including phenoxy) is 6. The van der Waals surface area contributed by atoms with Crippen LogP contribution in [0.25, 0.3) is 0 Å². The first-order valence-electron chi connectivity index (χ1n) is 14.1. The molecule has 40 heavy (non-hydrogen) atoms. The highest BCUT2D eigenvalue weighted by Gasteiger charge is 2.60. The predicted molar refractivity (Wildman–Crippen MR) is 142 cm³/mol. The molecule has 4 heterocycles. The molecule has 3 aliphatic heterocycles. The average Bonchev–Trinajstić information content (AvgIpc) is 3.40. The number of halogens is 1. The van der Waals surface area contributed by atoms with Crippen LogP contribution in [0.1, 0.15) is 65.4 Å². The summed E-state index contributed by atoms with van der Waals surface area (Å²) in [6.45, 7) is 7.87. The van der Waals surface area contributed by atoms with E-state index in [1.807, 2.05) is 33.8 Å². The van der Waals surface area contributed by atoms with E-state index in [1.165, 1.54) is 31.4 Å². The van der Waals surface area contributed by atoms with Crippen LogP contribution in [0.15, 0.2) is 24.3 Å². The van der Waals surface area contributed by atoms with Gasteiger partial charge in [-0.15, -0.1) is 0 Å². The van der Waals surface area contributed by atoms with Crippen LogP contribution in [0.3, 0.4) is 0 Å². The van der Waals surface area contributed by atoms with Crippen LogP contribution in [0, 0.1) is 5.82 Å². The van der Waals surface area contributed by atoms with Gasteiger partial charge in [0.25, 0.3) is 0 Å². The lowest BCUT2D eigenvalue weighted by molar-refractivity contribution is -0.238. The Morgan fingerprint density at radius 2 is 1.62 bits per heavy atom. The number of anilines is 2. The van der Waals surface area contributed by atoms with Gasteiger partial charge in [0.05, 0.1) is 0 Å². The minimum atomic E-state index is -0.805. The highest BCUT2D eigenvalue weighted by molar-refractivity contribution is 5.37. The number of benzene rings is 1. The monoisotopic (exact) mass is 559 g/mol. The Bertz CT molecular complexity index is 1200. The van der Waals surface area contributed by atoms with Crippen molar-refractivity contribution in [2.75, 3.05) is 17.2 Å². The maximum atomic E-state index is 13.7. The van der Waals surface area contributed by atoms with Crippen molar-refractivity contribution in [1.29, 1.82) is 0 Å². The summed E-state index contributed by atoms with van der Waals surface area (Å²) < 4.78 is 50.5. The second kappa shape index (κ2) is 11.0. The number of fused-ring (bicyclic) bond motifs is 3. The SMILES string of the molecule is CC1(C)O[C@H]2[C@@H](O1)[C@@H](COc1nc(NCc3cccc(F)c3)nc(NC3CCCCC3)n1)O[C@@H]1OC(C)(C)O[C@@H]12. The summed E-state index contributed by atoms with van der Waals surface area (Å²) in [5, 5.41) is 6.61. The summed E-state index contributed by atoms with van der Waals surface area (Å²) in [7, 11) is 0. The number of hydrogen-bond acceptors (Lipinski definition) is 11. The molecule has 1 aromatic heterocycles. The second-order valence-corrected chi connectivity index (χ2v) is 11.7. The topological polar surface area (TPSA) is 118 Å². The zero-order valence-corrected chi connectivity index (χ0v) is 23.4. The summed E-state index contributed by atoms with van der Waals surface area (Å²) >= 11 is 0. The largest absolute Gasteiger partial charge is 0.460 e. The minimum Gasteiger partial charge on any atom is -0.460 e. The quantitative estimate of drug-likeness (QED) is 0.486. The van der Waals surface area contributed by atoms with Crippen molar-refractivity contribution < 1.29 is 32.8 Å². The van der Waals surface area contributed by atoms with Crippen molar-refractivity contribution in [1.82, 2.24) is 15.0 Å². The molecule has 0 radical (unpaired) electrons. The lowest BCUT2D eigenvalue weighted by atomic mass is 9.96. The van der Waals surface area contributed by atoms with Crippen molar-refractivity contribution in [3.05, 3.63) is 35.6 Å². The van der Waals surface area contributed by atoms with Gasteiger partial charge in [-0.2, -0.15) is 15.0 Å². The second-order valence-electron chi connectivity index (χ2n) is 11.7. The number of rotatable bonds is 8. The van der Waals surface area contributed by atoms with Crippen molar-refractivity contribution in [3.63, 3.8) is 0 Å². The lowest BCUT2D eigenvalue weighted by Gasteiger charge is -2.36. The van der Waals surface area contributed by atoms with Crippen LogP contribution >= 0.6 is 0 Å². The Morgan fingerprint density at radius 3 is 2.42 bits per heavy atom. The molecule has 0 unspecified atom stereocenters. The molecule has 1 aliphatic carbocycles. The first-order valence-corrected chi connectivity index (χ1v) is 14.1. The molecule has 11 nitrogen and oxygen atoms in total. The Kier molecular flexibility index (Phi) is 7.55. The summed E-state index contributed by atoms with van der Waals surface area (Å²) in [4.78, 5) is 13.6. The van der Waals surface area contributed by atoms with Gasteiger partial charge >= 0.3 is 6.01 Å². The highest BCUT2D eigenvalue weighted by atomic mass is 19.1. The third-order valence-corrected chi connectivity index (χ3v) is 7.52. The molecule has 1 saturated carbocycles. The first kappa shape index (κ1) is 27.5. The molecule has 0 spiro atoms. The zero-order valence-electron chi connectivity index (χ0n) is 23.4. The summed E-state index contributed by atoms with van der Waals surface area (Å²) in [5.74, 6) is -1.15. The van der Waals surface area contributed by atoms with Gasteiger partial charge in [-0.05, 0) is 58.2 Å². The Balaban J connectivity index is 1.18. The molecule has 2 N–H and O–H groups in total. The fourth-order valence-corrected chi connectivity index (χ4v) is 5.81. The van der Waals surface area contributed by atoms with E-state index in [9.17, 15) is 4.39 Å². The van der Waals surface area contributed by atoms with Crippen LogP contribution in [0.2, 0.25) is 0 Å². The van der Waals surface area contributed by atoms with Crippen LogP contribution in [0.5, 0.6) is 6.01 Å². The summed E-state index contributed by atoms with van der Waals surface area (Å²) in [6, 6.07) is 6.81. The fourth-order valence-electron chi connectivity index (χ4n) is 5.81. The van der Waals surface area contributed by atoms with Crippen molar-refractivity contribution in [2.45, 2.75) is 115 Å². The average molecular weight is 560 g/mol. The van der Waals surface area contributed by atoms with E-state index in [1.54, 1.807) is 6.07 Å². The molecule has 2 aromatic rings. The third-order valence-electron chi connectivity index (χ3n) is 7.52. The van der Waals surface area contributed by atoms with Gasteiger partial charge in [0.1, 0.15) is 36.8 Å². The lowest BCUT2D eigenvalue weighted by Crippen LogP contribution is -2.56. The van der Waals surface area contributed by atoms with E-state index >= 15 is 0 Å². The van der Waals surface area contributed by atoms with E-state index < -0.39 is 36.2 Å². The van der Waals surface area contributed by atoms with Gasteiger partial charge in [0.15, 0.2) is 17.9 Å². The van der Waals surface area contributed by atoms with E-state index in [2.05, 4.69) is 25.6 Å². The van der Waals surface area contributed by atoms with Crippen LogP contribution < -0.4 is 15.4 Å². The summed E-state index contributed by atoms with van der Waals surface area (Å²) in [5.41, 5.74) is 0.767. The van der Waals surface area contributed by atoms with Crippen LogP contribution in [-0.4, -0.2) is 69.9 Å². The molecule has 218 valence electrons. The van der Waals surface area contributed by atoms with Gasteiger partial charge in [-0.1, -0.05) is 31.4 Å². The first-order chi connectivity index (χ1) is 19.1. The molecule has 0 amide bonds. The number of nitrogens with one attached hydrogen (secondary N) is 2. The van der Waals surface area contributed by atoms with E-state index in [-0.39, 0.29) is 30.6 Å². The third kappa shape index (κ3) is 6.31. The fraction of sp³-hybridized carbons (Fsp3) is 0.679. The smallest absolute Gasteiger partial charge is 0.323 e. The van der Waals surface area contributed by atoms with Gasteiger partial charge in [0, 0.05) is 12.6 Å². The van der Waals surface area contributed by atoms with Gasteiger partial charge in [-0.25, -0.2) is 4.39 Å². The zero-order chi connectivity index (χ0) is 27.9. The van der Waals surface area contributed by atoms with Crippen molar-refractivity contribution in [3.8, 4) is 6.01 Å². The highest BCUT2D eigenvalue weighted by Crippen LogP contribution is 2.44. The molecule has 4 aliphatic rings. The van der Waals surface area contributed by atoms with Crippen LogP contribution in [0.4, 0.5) is 16.3 Å². The molecule has 6 rings (SSSR count). The van der Waals surface area contributed by atoms with Crippen molar-refractivity contribution in [2.24, 2.45) is 0 Å². The maximum Gasteiger partial charge on any atom is 0.323 e. The van der Waals surface area contributed by atoms with E-state index in [4.69, 9.17) is 28.4 Å². The number of hydrogen-bond donors (Lipinski definition) is 2. The number of nitrogens with zero attached hydrogens (tertiary/aromatic N) is 3. The van der Waals surface area contributed by atoms with Gasteiger partial charge in [-0.3, -0.25) is 0 Å². The number of aromatic nitrogens is 3. The normalized spacial score (nSPS) is 30.9. The standard InChI is InChI=1S/C28H38FN5O6/c1-27(2)37-20-19(36-23-22(21(20)38-27)39-28(3,4)40-23)15-35-26-33-24(30-14-16-9-8-10-17(29)13-16)32-25(34-26)31-18-11-6-5-7-12-18/h8-10,13,18-23H,5-7,11-12,14-15H2,1-4H3,(H2,30,31,32,33,34)/t19-,20+,21+,22-,23-/m1/s1. The van der Waals surface area contributed by atoms with Gasteiger partial charge in [0.2, 0.25) is 11.9 Å². The Hall–Kier alpha value is -2.64. The molecule has 3 saturated heterocycles. The summed E-state index contributed by atoms with van der Waals surface area (Å²) in [6.07, 6.45) is 3.33. The van der Waals surface area contributed by atoms with E-state index in [0.717, 1.165) is 18.4 Å². The maximum absolute atomic E-state index is 13.7. The van der Waals surface area contributed by atoms with E-state index in [0.29, 0.717) is 18.4 Å². The molecule has 12 heteroatoms. The Morgan fingerprint density at radius 1 is 0.900 bits per heavy atom. The molecular weight excluding hydrogens is 521 g/mol. The molecule has 0 bridgehead atoms. The minimum absolute atomic E-state index is 0.101. The predicted octanol–water partition coefficient (Wildman–Crippen LogP) is 4.14. The molecule has 1 aromatic carbocycles. The van der Waals surface area contributed by atoms with Crippen molar-refractivity contribution >= 4 is 11.9 Å². The molecule has 4 fully saturated rings.